The van der Waals surface area contributed by atoms with Gasteiger partial charge in [-0.25, -0.2) is 0 Å². The quantitative estimate of drug-likeness (QED) is 0.879. The van der Waals surface area contributed by atoms with Gasteiger partial charge >= 0.3 is 0 Å². The van der Waals surface area contributed by atoms with Crippen LogP contribution in [0.4, 0.5) is 5.69 Å². The van der Waals surface area contributed by atoms with Crippen molar-refractivity contribution in [2.24, 2.45) is 0 Å². The van der Waals surface area contributed by atoms with Crippen molar-refractivity contribution in [1.29, 1.82) is 0 Å². The summed E-state index contributed by atoms with van der Waals surface area (Å²) in [6.45, 7) is 1.49. The monoisotopic (exact) mass is 337 g/mol. The van der Waals surface area contributed by atoms with E-state index in [-0.39, 0.29) is 0 Å². The first kappa shape index (κ1) is 12.8. The molecule has 1 aliphatic rings. The SMILES string of the molecule is Clc1ccc(Br)cc1CNc1ccc2c(c1)CCO2. The number of hydrogen-bond acceptors (Lipinski definition) is 2. The van der Waals surface area contributed by atoms with Crippen molar-refractivity contribution in [3.63, 3.8) is 0 Å². The molecule has 2 aromatic rings. The van der Waals surface area contributed by atoms with Gasteiger partial charge in [-0.15, -0.1) is 0 Å². The summed E-state index contributed by atoms with van der Waals surface area (Å²) in [5.74, 6) is 1.01. The van der Waals surface area contributed by atoms with Gasteiger partial charge in [0.1, 0.15) is 5.75 Å². The van der Waals surface area contributed by atoms with E-state index in [1.807, 2.05) is 30.3 Å². The molecule has 0 aliphatic carbocycles. The van der Waals surface area contributed by atoms with Gasteiger partial charge in [-0.2, -0.15) is 0 Å². The molecule has 0 unspecified atom stereocenters. The van der Waals surface area contributed by atoms with Crippen LogP contribution in [0.25, 0.3) is 0 Å². The van der Waals surface area contributed by atoms with Gasteiger partial charge in [-0.1, -0.05) is 27.5 Å². The number of benzene rings is 2. The van der Waals surface area contributed by atoms with Crippen molar-refractivity contribution in [3.8, 4) is 5.75 Å². The minimum atomic E-state index is 0.706. The fraction of sp³-hybridized carbons (Fsp3) is 0.200. The second-order valence-electron chi connectivity index (χ2n) is 4.51. The zero-order valence-electron chi connectivity index (χ0n) is 10.2. The van der Waals surface area contributed by atoms with Crippen molar-refractivity contribution >= 4 is 33.2 Å². The lowest BCUT2D eigenvalue weighted by molar-refractivity contribution is 0.357. The van der Waals surface area contributed by atoms with Crippen molar-refractivity contribution in [3.05, 3.63) is 57.0 Å². The molecule has 1 aliphatic heterocycles. The topological polar surface area (TPSA) is 21.3 Å². The van der Waals surface area contributed by atoms with Gasteiger partial charge in [0, 0.05) is 28.1 Å². The molecule has 0 spiro atoms. The molecule has 0 atom stereocenters. The molecule has 2 nitrogen and oxygen atoms in total. The number of halogens is 2. The first-order chi connectivity index (χ1) is 9.22. The number of hydrogen-bond donors (Lipinski definition) is 1. The predicted octanol–water partition coefficient (Wildman–Crippen LogP) is 4.65. The Kier molecular flexibility index (Phi) is 3.67. The fourth-order valence-electron chi connectivity index (χ4n) is 2.17. The Morgan fingerprint density at radius 1 is 1.21 bits per heavy atom. The summed E-state index contributed by atoms with van der Waals surface area (Å²) in [5.41, 5.74) is 3.44. The number of anilines is 1. The standard InChI is InChI=1S/C15H13BrClNO/c16-12-1-3-14(17)11(7-12)9-18-13-2-4-15-10(8-13)5-6-19-15/h1-4,7-8,18H,5-6,9H2. The second kappa shape index (κ2) is 5.43. The van der Waals surface area contributed by atoms with Crippen LogP contribution in [0.3, 0.4) is 0 Å². The average Bonchev–Trinajstić information content (AvgIpc) is 2.87. The molecule has 0 radical (unpaired) electrons. The van der Waals surface area contributed by atoms with Gasteiger partial charge in [0.05, 0.1) is 6.61 Å². The van der Waals surface area contributed by atoms with Crippen LogP contribution >= 0.6 is 27.5 Å². The van der Waals surface area contributed by atoms with E-state index in [2.05, 4.69) is 27.3 Å². The largest absolute Gasteiger partial charge is 0.493 e. The van der Waals surface area contributed by atoms with E-state index in [0.717, 1.165) is 39.5 Å². The first-order valence-electron chi connectivity index (χ1n) is 6.16. The molecule has 0 saturated heterocycles. The highest BCUT2D eigenvalue weighted by Crippen LogP contribution is 2.28. The minimum absolute atomic E-state index is 0.706. The first-order valence-corrected chi connectivity index (χ1v) is 7.33. The molecule has 4 heteroatoms. The molecule has 0 aromatic heterocycles. The predicted molar refractivity (Wildman–Crippen MR) is 82.1 cm³/mol. The lowest BCUT2D eigenvalue weighted by Gasteiger charge is -2.09. The Labute approximate surface area is 125 Å². The molecule has 0 amide bonds. The molecule has 98 valence electrons. The Morgan fingerprint density at radius 3 is 3.00 bits per heavy atom. The van der Waals surface area contributed by atoms with E-state index >= 15 is 0 Å². The Balaban J connectivity index is 1.74. The molecular weight excluding hydrogens is 326 g/mol. The average molecular weight is 339 g/mol. The molecule has 0 bridgehead atoms. The fourth-order valence-corrected chi connectivity index (χ4v) is 2.77. The molecule has 1 heterocycles. The highest BCUT2D eigenvalue weighted by molar-refractivity contribution is 9.10. The molecule has 0 saturated carbocycles. The van der Waals surface area contributed by atoms with Crippen LogP contribution in [-0.4, -0.2) is 6.61 Å². The van der Waals surface area contributed by atoms with Crippen LogP contribution in [0.5, 0.6) is 5.75 Å². The third-order valence-corrected chi connectivity index (χ3v) is 4.04. The normalized spacial score (nSPS) is 12.9. The van der Waals surface area contributed by atoms with E-state index in [0.29, 0.717) is 6.54 Å². The summed E-state index contributed by atoms with van der Waals surface area (Å²) in [4.78, 5) is 0. The van der Waals surface area contributed by atoms with E-state index in [1.54, 1.807) is 0 Å². The molecular formula is C15H13BrClNO. The molecule has 3 rings (SSSR count). The maximum atomic E-state index is 6.18. The molecule has 2 aromatic carbocycles. The van der Waals surface area contributed by atoms with E-state index in [9.17, 15) is 0 Å². The Hall–Kier alpha value is -1.19. The van der Waals surface area contributed by atoms with Crippen LogP contribution in [0.15, 0.2) is 40.9 Å². The second-order valence-corrected chi connectivity index (χ2v) is 5.83. The highest BCUT2D eigenvalue weighted by atomic mass is 79.9. The van der Waals surface area contributed by atoms with E-state index < -0.39 is 0 Å². The summed E-state index contributed by atoms with van der Waals surface area (Å²) in [5, 5.41) is 4.18. The lowest BCUT2D eigenvalue weighted by atomic mass is 10.1. The van der Waals surface area contributed by atoms with Crippen molar-refractivity contribution in [2.75, 3.05) is 11.9 Å². The van der Waals surface area contributed by atoms with Crippen molar-refractivity contribution < 1.29 is 4.74 Å². The Bertz CT molecular complexity index is 615. The highest BCUT2D eigenvalue weighted by Gasteiger charge is 2.11. The molecule has 19 heavy (non-hydrogen) atoms. The van der Waals surface area contributed by atoms with E-state index in [4.69, 9.17) is 16.3 Å². The van der Waals surface area contributed by atoms with Crippen LogP contribution in [0, 0.1) is 0 Å². The molecule has 0 fully saturated rings. The van der Waals surface area contributed by atoms with E-state index in [1.165, 1.54) is 5.56 Å². The van der Waals surface area contributed by atoms with Crippen LogP contribution < -0.4 is 10.1 Å². The maximum absolute atomic E-state index is 6.18. The maximum Gasteiger partial charge on any atom is 0.122 e. The minimum Gasteiger partial charge on any atom is -0.493 e. The number of fused-ring (bicyclic) bond motifs is 1. The van der Waals surface area contributed by atoms with Gasteiger partial charge in [-0.05, 0) is 47.5 Å². The third kappa shape index (κ3) is 2.88. The van der Waals surface area contributed by atoms with Crippen LogP contribution in [-0.2, 0) is 13.0 Å². The summed E-state index contributed by atoms with van der Waals surface area (Å²) >= 11 is 9.64. The van der Waals surface area contributed by atoms with Crippen molar-refractivity contribution in [1.82, 2.24) is 0 Å². The number of ether oxygens (including phenoxy) is 1. The van der Waals surface area contributed by atoms with Gasteiger partial charge in [0.15, 0.2) is 0 Å². The van der Waals surface area contributed by atoms with Gasteiger partial charge in [0.2, 0.25) is 0 Å². The van der Waals surface area contributed by atoms with Gasteiger partial charge in [-0.3, -0.25) is 0 Å². The number of nitrogens with one attached hydrogen (secondary N) is 1. The summed E-state index contributed by atoms with van der Waals surface area (Å²) in [6, 6.07) is 12.1. The zero-order chi connectivity index (χ0) is 13.2. The zero-order valence-corrected chi connectivity index (χ0v) is 12.6. The van der Waals surface area contributed by atoms with Crippen LogP contribution in [0.1, 0.15) is 11.1 Å². The third-order valence-electron chi connectivity index (χ3n) is 3.18. The summed E-state index contributed by atoms with van der Waals surface area (Å²) < 4.78 is 6.53. The lowest BCUT2D eigenvalue weighted by Crippen LogP contribution is -2.00. The van der Waals surface area contributed by atoms with Gasteiger partial charge < -0.3 is 10.1 Å². The van der Waals surface area contributed by atoms with Crippen molar-refractivity contribution in [2.45, 2.75) is 13.0 Å². The van der Waals surface area contributed by atoms with Crippen LogP contribution in [0.2, 0.25) is 5.02 Å². The Morgan fingerprint density at radius 2 is 2.11 bits per heavy atom. The van der Waals surface area contributed by atoms with Gasteiger partial charge in [0.25, 0.3) is 0 Å². The molecule has 1 N–H and O–H groups in total. The summed E-state index contributed by atoms with van der Waals surface area (Å²) in [7, 11) is 0. The summed E-state index contributed by atoms with van der Waals surface area (Å²) in [6.07, 6.45) is 0.989. The smallest absolute Gasteiger partial charge is 0.122 e. The number of rotatable bonds is 3.